The van der Waals surface area contributed by atoms with E-state index in [-0.39, 0.29) is 5.15 Å². The Morgan fingerprint density at radius 3 is 2.58 bits per heavy atom. The second-order valence-electron chi connectivity index (χ2n) is 2.22. The van der Waals surface area contributed by atoms with Crippen molar-refractivity contribution in [1.29, 1.82) is 0 Å². The van der Waals surface area contributed by atoms with Crippen molar-refractivity contribution in [2.75, 3.05) is 0 Å². The van der Waals surface area contributed by atoms with Gasteiger partial charge in [-0.25, -0.2) is 4.98 Å². The molecule has 1 aromatic rings. The van der Waals surface area contributed by atoms with Gasteiger partial charge >= 0.3 is 0 Å². The van der Waals surface area contributed by atoms with Crippen LogP contribution < -0.4 is 0 Å². The monoisotopic (exact) mass is 207 g/mol. The SMILES string of the molecule is O=S(=O)(O)Cc1ccc(Cl)nc1. The lowest BCUT2D eigenvalue weighted by molar-refractivity contribution is 0.482. The molecule has 0 amide bonds. The summed E-state index contributed by atoms with van der Waals surface area (Å²) in [6, 6.07) is 2.95. The molecule has 0 spiro atoms. The van der Waals surface area contributed by atoms with Crippen molar-refractivity contribution in [3.05, 3.63) is 29.0 Å². The summed E-state index contributed by atoms with van der Waals surface area (Å²) in [7, 11) is -3.97. The zero-order valence-corrected chi connectivity index (χ0v) is 7.51. The summed E-state index contributed by atoms with van der Waals surface area (Å²) >= 11 is 5.46. The fraction of sp³-hybridized carbons (Fsp3) is 0.167. The Balaban J connectivity index is 2.85. The third-order valence-electron chi connectivity index (χ3n) is 1.14. The lowest BCUT2D eigenvalue weighted by Gasteiger charge is -1.96. The van der Waals surface area contributed by atoms with Crippen LogP contribution in [0.3, 0.4) is 0 Å². The molecule has 6 heteroatoms. The summed E-state index contributed by atoms with van der Waals surface area (Å²) < 4.78 is 29.2. The Hall–Kier alpha value is -0.650. The molecule has 0 aliphatic carbocycles. The molecule has 0 radical (unpaired) electrons. The molecule has 0 unspecified atom stereocenters. The van der Waals surface area contributed by atoms with Crippen LogP contribution in [0.25, 0.3) is 0 Å². The van der Waals surface area contributed by atoms with Gasteiger partial charge in [-0.05, 0) is 11.6 Å². The first-order valence-corrected chi connectivity index (χ1v) is 5.02. The Morgan fingerprint density at radius 1 is 1.50 bits per heavy atom. The second kappa shape index (κ2) is 3.38. The van der Waals surface area contributed by atoms with Gasteiger partial charge in [0.2, 0.25) is 0 Å². The molecule has 0 aromatic carbocycles. The molecule has 1 aromatic heterocycles. The highest BCUT2D eigenvalue weighted by Gasteiger charge is 2.05. The van der Waals surface area contributed by atoms with E-state index in [2.05, 4.69) is 4.98 Å². The molecular weight excluding hydrogens is 202 g/mol. The molecule has 0 bridgehead atoms. The molecular formula is C6H6ClNO3S. The third-order valence-corrected chi connectivity index (χ3v) is 2.06. The molecule has 1 N–H and O–H groups in total. The molecule has 4 nitrogen and oxygen atoms in total. The van der Waals surface area contributed by atoms with Crippen molar-refractivity contribution >= 4 is 21.7 Å². The van der Waals surface area contributed by atoms with Gasteiger partial charge in [0.15, 0.2) is 0 Å². The summed E-state index contributed by atoms with van der Waals surface area (Å²) in [5, 5.41) is 0.286. The molecule has 0 saturated heterocycles. The molecule has 1 heterocycles. The van der Waals surface area contributed by atoms with Crippen molar-refractivity contribution in [1.82, 2.24) is 4.98 Å². The van der Waals surface area contributed by atoms with Crippen molar-refractivity contribution in [3.63, 3.8) is 0 Å². The number of hydrogen-bond donors (Lipinski definition) is 1. The highest BCUT2D eigenvalue weighted by molar-refractivity contribution is 7.85. The van der Waals surface area contributed by atoms with E-state index in [1.807, 2.05) is 0 Å². The van der Waals surface area contributed by atoms with Gasteiger partial charge in [-0.3, -0.25) is 4.55 Å². The lowest BCUT2D eigenvalue weighted by Crippen LogP contribution is -2.01. The van der Waals surface area contributed by atoms with Crippen LogP contribution in [0.4, 0.5) is 0 Å². The summed E-state index contributed by atoms with van der Waals surface area (Å²) in [6.07, 6.45) is 1.30. The quantitative estimate of drug-likeness (QED) is 0.583. The number of hydrogen-bond acceptors (Lipinski definition) is 3. The molecule has 0 saturated carbocycles. The molecule has 66 valence electrons. The minimum atomic E-state index is -3.97. The van der Waals surface area contributed by atoms with Crippen LogP contribution in [-0.4, -0.2) is 18.0 Å². The summed E-state index contributed by atoms with van der Waals surface area (Å²) in [4.78, 5) is 3.65. The summed E-state index contributed by atoms with van der Waals surface area (Å²) in [5.74, 6) is -0.433. The maximum absolute atomic E-state index is 10.4. The van der Waals surface area contributed by atoms with Crippen LogP contribution in [-0.2, 0) is 15.9 Å². The molecule has 0 aliphatic heterocycles. The Kier molecular flexibility index (Phi) is 2.66. The van der Waals surface area contributed by atoms with Crippen LogP contribution in [0.1, 0.15) is 5.56 Å². The van der Waals surface area contributed by atoms with Gasteiger partial charge in [0, 0.05) is 6.20 Å². The van der Waals surface area contributed by atoms with E-state index in [4.69, 9.17) is 16.2 Å². The number of nitrogens with zero attached hydrogens (tertiary/aromatic N) is 1. The second-order valence-corrected chi connectivity index (χ2v) is 4.06. The molecule has 1 rings (SSSR count). The molecule has 0 atom stereocenters. The standard InChI is InChI=1S/C6H6ClNO3S/c7-6-2-1-5(3-8-6)4-12(9,10)11/h1-3H,4H2,(H,9,10,11). The van der Waals surface area contributed by atoms with Crippen molar-refractivity contribution in [2.24, 2.45) is 0 Å². The fourth-order valence-electron chi connectivity index (χ4n) is 0.702. The maximum Gasteiger partial charge on any atom is 0.269 e. The van der Waals surface area contributed by atoms with E-state index < -0.39 is 15.9 Å². The van der Waals surface area contributed by atoms with Crippen molar-refractivity contribution in [2.45, 2.75) is 5.75 Å². The molecule has 12 heavy (non-hydrogen) atoms. The predicted molar refractivity (Wildman–Crippen MR) is 44.5 cm³/mol. The Labute approximate surface area is 74.9 Å². The minimum Gasteiger partial charge on any atom is -0.285 e. The van der Waals surface area contributed by atoms with E-state index in [1.54, 1.807) is 0 Å². The zero-order valence-electron chi connectivity index (χ0n) is 5.94. The first-order valence-electron chi connectivity index (χ1n) is 3.03. The number of aromatic nitrogens is 1. The number of pyridine rings is 1. The van der Waals surface area contributed by atoms with Gasteiger partial charge in [0.05, 0.1) is 0 Å². The van der Waals surface area contributed by atoms with Crippen LogP contribution >= 0.6 is 11.6 Å². The van der Waals surface area contributed by atoms with E-state index >= 15 is 0 Å². The van der Waals surface area contributed by atoms with Gasteiger partial charge in [-0.15, -0.1) is 0 Å². The highest BCUT2D eigenvalue weighted by atomic mass is 35.5. The van der Waals surface area contributed by atoms with Crippen LogP contribution in [0.5, 0.6) is 0 Å². The third kappa shape index (κ3) is 3.17. The maximum atomic E-state index is 10.4. The first-order chi connectivity index (χ1) is 5.47. The Bertz CT molecular complexity index is 359. The van der Waals surface area contributed by atoms with Crippen molar-refractivity contribution < 1.29 is 13.0 Å². The largest absolute Gasteiger partial charge is 0.285 e. The highest BCUT2D eigenvalue weighted by Crippen LogP contribution is 2.07. The summed E-state index contributed by atoms with van der Waals surface area (Å²) in [5.41, 5.74) is 0.405. The summed E-state index contributed by atoms with van der Waals surface area (Å²) in [6.45, 7) is 0. The molecule has 0 aliphatic rings. The van der Waals surface area contributed by atoms with E-state index in [9.17, 15) is 8.42 Å². The fourth-order valence-corrected chi connectivity index (χ4v) is 1.41. The number of halogens is 1. The van der Waals surface area contributed by atoms with Gasteiger partial charge in [0.25, 0.3) is 10.1 Å². The first kappa shape index (κ1) is 9.44. The van der Waals surface area contributed by atoms with E-state index in [0.29, 0.717) is 5.56 Å². The van der Waals surface area contributed by atoms with E-state index in [1.165, 1.54) is 18.3 Å². The van der Waals surface area contributed by atoms with Crippen LogP contribution in [0, 0.1) is 0 Å². The lowest BCUT2D eigenvalue weighted by atomic mass is 10.3. The molecule has 0 fully saturated rings. The smallest absolute Gasteiger partial charge is 0.269 e. The average Bonchev–Trinajstić information content (AvgIpc) is 1.91. The zero-order chi connectivity index (χ0) is 9.19. The van der Waals surface area contributed by atoms with E-state index in [0.717, 1.165) is 0 Å². The van der Waals surface area contributed by atoms with Crippen LogP contribution in [0.2, 0.25) is 5.15 Å². The Morgan fingerprint density at radius 2 is 2.17 bits per heavy atom. The average molecular weight is 208 g/mol. The van der Waals surface area contributed by atoms with Crippen LogP contribution in [0.15, 0.2) is 18.3 Å². The minimum absolute atomic E-state index is 0.286. The van der Waals surface area contributed by atoms with Gasteiger partial charge in [-0.2, -0.15) is 8.42 Å². The predicted octanol–water partition coefficient (Wildman–Crippen LogP) is 1.12. The van der Waals surface area contributed by atoms with Gasteiger partial charge in [0.1, 0.15) is 10.9 Å². The van der Waals surface area contributed by atoms with Crippen molar-refractivity contribution in [3.8, 4) is 0 Å². The normalized spacial score (nSPS) is 11.5. The van der Waals surface area contributed by atoms with Gasteiger partial charge in [-0.1, -0.05) is 17.7 Å². The number of rotatable bonds is 2. The topological polar surface area (TPSA) is 67.3 Å². The van der Waals surface area contributed by atoms with Gasteiger partial charge < -0.3 is 0 Å².